The molecule has 0 aliphatic rings. The van der Waals surface area contributed by atoms with Crippen LogP contribution < -0.4 is 10.6 Å². The van der Waals surface area contributed by atoms with Gasteiger partial charge in [-0.3, -0.25) is 4.79 Å². The normalized spacial score (nSPS) is 12.7. The van der Waals surface area contributed by atoms with Crippen molar-refractivity contribution in [3.63, 3.8) is 0 Å². The van der Waals surface area contributed by atoms with Gasteiger partial charge in [0.15, 0.2) is 6.04 Å². The maximum absolute atomic E-state index is 13.5. The van der Waals surface area contributed by atoms with Crippen molar-refractivity contribution in [3.8, 4) is 0 Å². The van der Waals surface area contributed by atoms with E-state index in [2.05, 4.69) is 5.32 Å². The van der Waals surface area contributed by atoms with Gasteiger partial charge in [-0.25, -0.2) is 4.39 Å². The molecule has 3 N–H and O–H groups in total. The molecule has 128 valence electrons. The van der Waals surface area contributed by atoms with Crippen LogP contribution in [0.25, 0.3) is 0 Å². The molecule has 0 heterocycles. The maximum atomic E-state index is 13.5. The molecule has 0 bridgehead atoms. The number of hydrogen-bond donors (Lipinski definition) is 2. The summed E-state index contributed by atoms with van der Waals surface area (Å²) in [5.74, 6) is -0.969. The number of nitrogens with two attached hydrogens (primary N) is 1. The zero-order valence-corrected chi connectivity index (χ0v) is 12.9. The van der Waals surface area contributed by atoms with Crippen LogP contribution in [0.3, 0.4) is 0 Å². The molecule has 0 spiro atoms. The minimum Gasteiger partial charge on any atom is -0.333 e. The highest BCUT2D eigenvalue weighted by molar-refractivity contribution is 5.93. The quantitative estimate of drug-likeness (QED) is 0.807. The number of carbonyl (C=O) groups is 1. The Labute approximate surface area is 136 Å². The molecule has 0 aliphatic carbocycles. The first-order valence-corrected chi connectivity index (χ1v) is 7.32. The van der Waals surface area contributed by atoms with Gasteiger partial charge in [0.1, 0.15) is 12.4 Å². The first-order valence-electron chi connectivity index (χ1n) is 7.32. The smallest absolute Gasteiger partial charge is 0.333 e. The number of carbonyl (C=O) groups excluding carboxylic acids is 1. The molecule has 1 atom stereocenters. The van der Waals surface area contributed by atoms with Crippen molar-refractivity contribution < 1.29 is 27.7 Å². The number of alkyl halides is 3. The highest BCUT2D eigenvalue weighted by Gasteiger charge is 2.30. The summed E-state index contributed by atoms with van der Waals surface area (Å²) in [4.78, 5) is 12.0. The van der Waals surface area contributed by atoms with Gasteiger partial charge in [-0.2, -0.15) is 13.2 Å². The number of hydrogen-bond acceptors (Lipinski definition) is 1. The average Bonchev–Trinajstić information content (AvgIpc) is 2.54. The van der Waals surface area contributed by atoms with Crippen molar-refractivity contribution in [2.75, 3.05) is 5.32 Å². The van der Waals surface area contributed by atoms with Crippen LogP contribution in [0.5, 0.6) is 0 Å². The molecule has 2 aromatic rings. The molecule has 0 fully saturated rings. The number of quaternary nitrogens is 1. The van der Waals surface area contributed by atoms with Crippen molar-refractivity contribution in [1.82, 2.24) is 0 Å². The highest BCUT2D eigenvalue weighted by atomic mass is 19.4. The van der Waals surface area contributed by atoms with Crippen LogP contribution in [0.15, 0.2) is 48.5 Å². The summed E-state index contributed by atoms with van der Waals surface area (Å²) >= 11 is 0. The Kier molecular flexibility index (Phi) is 5.56. The van der Waals surface area contributed by atoms with Crippen LogP contribution in [-0.4, -0.2) is 11.9 Å². The third kappa shape index (κ3) is 4.79. The lowest BCUT2D eigenvalue weighted by Gasteiger charge is -2.13. The van der Waals surface area contributed by atoms with E-state index in [-0.39, 0.29) is 12.2 Å². The zero-order valence-electron chi connectivity index (χ0n) is 12.9. The predicted octanol–water partition coefficient (Wildman–Crippen LogP) is 2.94. The zero-order chi connectivity index (χ0) is 17.7. The van der Waals surface area contributed by atoms with Crippen LogP contribution in [0.1, 0.15) is 18.1 Å². The van der Waals surface area contributed by atoms with Crippen LogP contribution >= 0.6 is 0 Å². The van der Waals surface area contributed by atoms with Crippen molar-refractivity contribution in [1.29, 1.82) is 0 Å². The number of para-hydroxylation sites is 1. The molecule has 0 saturated carbocycles. The second kappa shape index (κ2) is 7.44. The summed E-state index contributed by atoms with van der Waals surface area (Å²) < 4.78 is 51.5. The van der Waals surface area contributed by atoms with E-state index in [9.17, 15) is 22.4 Å². The summed E-state index contributed by atoms with van der Waals surface area (Å²) in [5, 5.41) is 4.05. The van der Waals surface area contributed by atoms with Crippen molar-refractivity contribution in [2.45, 2.75) is 25.7 Å². The van der Waals surface area contributed by atoms with Crippen molar-refractivity contribution in [3.05, 3.63) is 65.5 Å². The third-order valence-electron chi connectivity index (χ3n) is 3.51. The van der Waals surface area contributed by atoms with E-state index in [1.807, 2.05) is 0 Å². The molecule has 2 aromatic carbocycles. The largest absolute Gasteiger partial charge is 0.416 e. The molecule has 0 aliphatic heterocycles. The first-order chi connectivity index (χ1) is 11.3. The van der Waals surface area contributed by atoms with Gasteiger partial charge in [-0.05, 0) is 31.2 Å². The average molecular weight is 341 g/mol. The fourth-order valence-electron chi connectivity index (χ4n) is 2.10. The lowest BCUT2D eigenvalue weighted by atomic mass is 10.1. The van der Waals surface area contributed by atoms with E-state index in [0.29, 0.717) is 5.56 Å². The molecular formula is C17H17F4N2O+. The van der Waals surface area contributed by atoms with E-state index in [1.54, 1.807) is 24.4 Å². The molecule has 0 saturated heterocycles. The number of anilines is 1. The number of halogens is 4. The Morgan fingerprint density at radius 3 is 2.54 bits per heavy atom. The summed E-state index contributed by atoms with van der Waals surface area (Å²) in [7, 11) is 0. The standard InChI is InChI=1S/C17H16F4N2O/c1-11(16(24)23-15-8-3-2-7-14(15)18)22-10-12-5-4-6-13(9-12)17(19,20)21/h2-9,11,22H,10H2,1H3,(H,23,24)/p+1/t11-/m0/s1. The van der Waals surface area contributed by atoms with Gasteiger partial charge in [0.25, 0.3) is 5.91 Å². The van der Waals surface area contributed by atoms with Gasteiger partial charge < -0.3 is 10.6 Å². The van der Waals surface area contributed by atoms with Crippen LogP contribution in [-0.2, 0) is 17.5 Å². The molecule has 1 amide bonds. The van der Waals surface area contributed by atoms with Crippen LogP contribution in [0, 0.1) is 5.82 Å². The van der Waals surface area contributed by atoms with Crippen molar-refractivity contribution >= 4 is 11.6 Å². The van der Waals surface area contributed by atoms with Crippen LogP contribution in [0.2, 0.25) is 0 Å². The lowest BCUT2D eigenvalue weighted by molar-refractivity contribution is -0.688. The topological polar surface area (TPSA) is 45.7 Å². The summed E-state index contributed by atoms with van der Waals surface area (Å²) in [5.41, 5.74) is -0.200. The van der Waals surface area contributed by atoms with Gasteiger partial charge in [-0.1, -0.05) is 24.3 Å². The minimum absolute atomic E-state index is 0.0711. The molecular weight excluding hydrogens is 324 g/mol. The lowest BCUT2D eigenvalue weighted by Crippen LogP contribution is -2.90. The van der Waals surface area contributed by atoms with Crippen LogP contribution in [0.4, 0.5) is 23.2 Å². The SMILES string of the molecule is C[C@H]([NH2+]Cc1cccc(C(F)(F)F)c1)C(=O)Nc1ccccc1F. The Morgan fingerprint density at radius 1 is 1.17 bits per heavy atom. The molecule has 24 heavy (non-hydrogen) atoms. The number of rotatable bonds is 5. The summed E-state index contributed by atoms with van der Waals surface area (Å²) in [6, 6.07) is 10.1. The molecule has 0 aromatic heterocycles. The Bertz CT molecular complexity index is 716. The summed E-state index contributed by atoms with van der Waals surface area (Å²) in [6.45, 7) is 1.81. The first kappa shape index (κ1) is 17.9. The van der Waals surface area contributed by atoms with E-state index >= 15 is 0 Å². The number of benzene rings is 2. The Hall–Kier alpha value is -2.41. The van der Waals surface area contributed by atoms with Gasteiger partial charge in [0, 0.05) is 5.56 Å². The van der Waals surface area contributed by atoms with Gasteiger partial charge in [0.2, 0.25) is 0 Å². The van der Waals surface area contributed by atoms with Gasteiger partial charge in [0.05, 0.1) is 11.3 Å². The molecule has 0 radical (unpaired) electrons. The van der Waals surface area contributed by atoms with E-state index < -0.39 is 29.5 Å². The molecule has 2 rings (SSSR count). The Balaban J connectivity index is 1.94. The third-order valence-corrected chi connectivity index (χ3v) is 3.51. The fourth-order valence-corrected chi connectivity index (χ4v) is 2.10. The van der Waals surface area contributed by atoms with E-state index in [0.717, 1.165) is 12.1 Å². The maximum Gasteiger partial charge on any atom is 0.416 e. The molecule has 0 unspecified atom stereocenters. The Morgan fingerprint density at radius 2 is 1.88 bits per heavy atom. The second-order valence-electron chi connectivity index (χ2n) is 5.40. The number of nitrogens with one attached hydrogen (secondary N) is 1. The van der Waals surface area contributed by atoms with Gasteiger partial charge >= 0.3 is 6.18 Å². The van der Waals surface area contributed by atoms with Crippen molar-refractivity contribution in [2.24, 2.45) is 0 Å². The number of amides is 1. The van der Waals surface area contributed by atoms with E-state index in [4.69, 9.17) is 0 Å². The fraction of sp³-hybridized carbons (Fsp3) is 0.235. The van der Waals surface area contributed by atoms with E-state index in [1.165, 1.54) is 24.3 Å². The summed E-state index contributed by atoms with van der Waals surface area (Å²) in [6.07, 6.45) is -4.40. The second-order valence-corrected chi connectivity index (χ2v) is 5.40. The molecule has 7 heteroatoms. The van der Waals surface area contributed by atoms with Gasteiger partial charge in [-0.15, -0.1) is 0 Å². The predicted molar refractivity (Wildman–Crippen MR) is 81.6 cm³/mol. The highest BCUT2D eigenvalue weighted by Crippen LogP contribution is 2.29. The monoisotopic (exact) mass is 341 g/mol. The molecule has 3 nitrogen and oxygen atoms in total. The minimum atomic E-state index is -4.40.